The first-order chi connectivity index (χ1) is 12.4. The summed E-state index contributed by atoms with van der Waals surface area (Å²) in [6.07, 6.45) is 5.53. The van der Waals surface area contributed by atoms with Crippen LogP contribution in [-0.4, -0.2) is 20.2 Å². The number of benzene rings is 1. The number of carboxylic acids is 1. The molecule has 0 amide bonds. The van der Waals surface area contributed by atoms with Crippen molar-refractivity contribution in [3.05, 3.63) is 74.2 Å². The standard InChI is InChI=1S/C19H15FN2O4/c1-10-2-3-12-16-13(18(24)14(19(25)26)9-22(10)16)8-15(20)17(12)21-6-4-11(23)5-7-21/h4-10H,2-3H2,1H3,(H,25,26). The van der Waals surface area contributed by atoms with E-state index in [2.05, 4.69) is 0 Å². The summed E-state index contributed by atoms with van der Waals surface area (Å²) < 4.78 is 18.2. The summed E-state index contributed by atoms with van der Waals surface area (Å²) >= 11 is 0. The molecule has 0 saturated heterocycles. The molecule has 0 bridgehead atoms. The molecule has 0 fully saturated rings. The van der Waals surface area contributed by atoms with E-state index in [9.17, 15) is 23.9 Å². The van der Waals surface area contributed by atoms with Crippen LogP contribution in [0.1, 0.15) is 35.3 Å². The maximum atomic E-state index is 14.9. The molecule has 3 aromatic rings. The van der Waals surface area contributed by atoms with E-state index >= 15 is 0 Å². The average Bonchev–Trinajstić information content (AvgIpc) is 2.60. The fourth-order valence-electron chi connectivity index (χ4n) is 3.63. The second kappa shape index (κ2) is 5.66. The molecule has 6 nitrogen and oxygen atoms in total. The molecule has 1 unspecified atom stereocenters. The van der Waals surface area contributed by atoms with Gasteiger partial charge in [-0.25, -0.2) is 9.18 Å². The molecular formula is C19H15FN2O4. The third-order valence-electron chi connectivity index (χ3n) is 4.91. The monoisotopic (exact) mass is 354 g/mol. The fourth-order valence-corrected chi connectivity index (χ4v) is 3.63. The summed E-state index contributed by atoms with van der Waals surface area (Å²) in [6.45, 7) is 1.93. The molecule has 4 rings (SSSR count). The predicted octanol–water partition coefficient (Wildman–Crippen LogP) is 2.50. The van der Waals surface area contributed by atoms with Gasteiger partial charge in [-0.3, -0.25) is 9.59 Å². The lowest BCUT2D eigenvalue weighted by atomic mass is 9.94. The van der Waals surface area contributed by atoms with E-state index in [0.29, 0.717) is 23.9 Å². The highest BCUT2D eigenvalue weighted by Crippen LogP contribution is 2.35. The van der Waals surface area contributed by atoms with Gasteiger partial charge in [-0.15, -0.1) is 0 Å². The van der Waals surface area contributed by atoms with E-state index in [1.54, 1.807) is 4.57 Å². The molecule has 1 aromatic carbocycles. The van der Waals surface area contributed by atoms with E-state index < -0.39 is 17.2 Å². The number of hydrogen-bond acceptors (Lipinski definition) is 3. The van der Waals surface area contributed by atoms with Crippen LogP contribution in [0.2, 0.25) is 0 Å². The number of halogens is 1. The van der Waals surface area contributed by atoms with Gasteiger partial charge in [-0.2, -0.15) is 0 Å². The van der Waals surface area contributed by atoms with Crippen LogP contribution >= 0.6 is 0 Å². The Balaban J connectivity index is 2.16. The normalized spacial score (nSPS) is 16.0. The number of aryl methyl sites for hydroxylation is 1. The van der Waals surface area contributed by atoms with Crippen LogP contribution in [0.15, 0.2) is 46.4 Å². The highest BCUT2D eigenvalue weighted by atomic mass is 19.1. The largest absolute Gasteiger partial charge is 0.477 e. The van der Waals surface area contributed by atoms with Crippen LogP contribution in [0.4, 0.5) is 4.39 Å². The zero-order valence-corrected chi connectivity index (χ0v) is 13.9. The Morgan fingerprint density at radius 2 is 1.96 bits per heavy atom. The number of aromatic carboxylic acids is 1. The molecule has 2 aromatic heterocycles. The zero-order chi connectivity index (χ0) is 18.6. The van der Waals surface area contributed by atoms with Crippen molar-refractivity contribution < 1.29 is 14.3 Å². The fraction of sp³-hybridized carbons (Fsp3) is 0.211. The number of aromatic nitrogens is 2. The molecule has 0 spiro atoms. The van der Waals surface area contributed by atoms with Crippen molar-refractivity contribution in [2.75, 3.05) is 0 Å². The molecule has 7 heteroatoms. The number of rotatable bonds is 2. The lowest BCUT2D eigenvalue weighted by Gasteiger charge is -2.28. The molecule has 1 atom stereocenters. The van der Waals surface area contributed by atoms with Gasteiger partial charge >= 0.3 is 5.97 Å². The topological polar surface area (TPSA) is 81.3 Å². The van der Waals surface area contributed by atoms with Gasteiger partial charge in [0, 0.05) is 47.7 Å². The van der Waals surface area contributed by atoms with E-state index in [1.807, 2.05) is 6.92 Å². The maximum Gasteiger partial charge on any atom is 0.341 e. The van der Waals surface area contributed by atoms with Crippen molar-refractivity contribution >= 4 is 16.9 Å². The summed E-state index contributed by atoms with van der Waals surface area (Å²) in [7, 11) is 0. The van der Waals surface area contributed by atoms with Gasteiger partial charge in [0.1, 0.15) is 11.4 Å². The zero-order valence-electron chi connectivity index (χ0n) is 13.9. The third kappa shape index (κ3) is 2.28. The molecule has 26 heavy (non-hydrogen) atoms. The number of pyridine rings is 2. The lowest BCUT2D eigenvalue weighted by Crippen LogP contribution is -2.25. The van der Waals surface area contributed by atoms with Crippen LogP contribution in [0, 0.1) is 5.82 Å². The Hall–Kier alpha value is -3.22. The lowest BCUT2D eigenvalue weighted by molar-refractivity contribution is 0.0694. The van der Waals surface area contributed by atoms with Gasteiger partial charge in [0.05, 0.1) is 11.2 Å². The number of hydrogen-bond donors (Lipinski definition) is 1. The summed E-state index contributed by atoms with van der Waals surface area (Å²) in [4.78, 5) is 35.3. The SMILES string of the molecule is CC1CCc2c(-n3ccc(=O)cc3)c(F)cc3c(=O)c(C(=O)O)cn1c23. The molecule has 0 saturated carbocycles. The Bertz CT molecular complexity index is 1170. The van der Waals surface area contributed by atoms with E-state index in [-0.39, 0.29) is 28.1 Å². The first-order valence-corrected chi connectivity index (χ1v) is 8.20. The minimum Gasteiger partial charge on any atom is -0.477 e. The minimum atomic E-state index is -1.33. The second-order valence-electron chi connectivity index (χ2n) is 6.49. The average molecular weight is 354 g/mol. The molecule has 0 radical (unpaired) electrons. The molecule has 1 N–H and O–H groups in total. The van der Waals surface area contributed by atoms with Crippen molar-refractivity contribution in [2.24, 2.45) is 0 Å². The Morgan fingerprint density at radius 3 is 2.62 bits per heavy atom. The van der Waals surface area contributed by atoms with Gasteiger partial charge in [-0.1, -0.05) is 0 Å². The van der Waals surface area contributed by atoms with Crippen LogP contribution in [0.25, 0.3) is 16.6 Å². The summed E-state index contributed by atoms with van der Waals surface area (Å²) in [6, 6.07) is 3.75. The quantitative estimate of drug-likeness (QED) is 0.767. The van der Waals surface area contributed by atoms with Crippen LogP contribution < -0.4 is 10.9 Å². The molecule has 1 aliphatic rings. The second-order valence-corrected chi connectivity index (χ2v) is 6.49. The summed E-state index contributed by atoms with van der Waals surface area (Å²) in [5, 5.41) is 9.37. The van der Waals surface area contributed by atoms with E-state index in [4.69, 9.17) is 0 Å². The Labute approximate surface area is 146 Å². The van der Waals surface area contributed by atoms with Crippen LogP contribution in [0.3, 0.4) is 0 Å². The first-order valence-electron chi connectivity index (χ1n) is 8.20. The smallest absolute Gasteiger partial charge is 0.341 e. The van der Waals surface area contributed by atoms with Gasteiger partial charge in [0.15, 0.2) is 5.43 Å². The molecular weight excluding hydrogens is 339 g/mol. The maximum absolute atomic E-state index is 14.9. The first kappa shape index (κ1) is 16.3. The van der Waals surface area contributed by atoms with Gasteiger partial charge in [0.25, 0.3) is 0 Å². The van der Waals surface area contributed by atoms with Gasteiger partial charge in [0.2, 0.25) is 5.43 Å². The van der Waals surface area contributed by atoms with Crippen molar-refractivity contribution in [1.82, 2.24) is 9.13 Å². The third-order valence-corrected chi connectivity index (χ3v) is 4.91. The summed E-state index contributed by atoms with van der Waals surface area (Å²) in [5.41, 5.74) is 0.218. The summed E-state index contributed by atoms with van der Waals surface area (Å²) in [5.74, 6) is -1.96. The molecule has 0 aliphatic carbocycles. The van der Waals surface area contributed by atoms with Crippen LogP contribution in [0.5, 0.6) is 0 Å². The highest BCUT2D eigenvalue weighted by Gasteiger charge is 2.26. The predicted molar refractivity (Wildman–Crippen MR) is 93.8 cm³/mol. The Kier molecular flexibility index (Phi) is 3.54. The molecule has 132 valence electrons. The van der Waals surface area contributed by atoms with Crippen molar-refractivity contribution in [2.45, 2.75) is 25.8 Å². The van der Waals surface area contributed by atoms with E-state index in [0.717, 1.165) is 6.07 Å². The number of carbonyl (C=O) groups is 1. The number of nitrogens with zero attached hydrogens (tertiary/aromatic N) is 2. The number of carboxylic acid groups (broad SMARTS) is 1. The van der Waals surface area contributed by atoms with Crippen molar-refractivity contribution in [3.8, 4) is 5.69 Å². The molecule has 1 aliphatic heterocycles. The van der Waals surface area contributed by atoms with Crippen molar-refractivity contribution in [3.63, 3.8) is 0 Å². The van der Waals surface area contributed by atoms with Crippen LogP contribution in [-0.2, 0) is 6.42 Å². The Morgan fingerprint density at radius 1 is 1.27 bits per heavy atom. The highest BCUT2D eigenvalue weighted by molar-refractivity contribution is 5.94. The van der Waals surface area contributed by atoms with E-state index in [1.165, 1.54) is 35.3 Å². The van der Waals surface area contributed by atoms with Crippen molar-refractivity contribution in [1.29, 1.82) is 0 Å². The molecule has 3 heterocycles. The minimum absolute atomic E-state index is 0.0176. The van der Waals surface area contributed by atoms with Gasteiger partial charge < -0.3 is 14.2 Å². The van der Waals surface area contributed by atoms with Gasteiger partial charge in [-0.05, 0) is 25.8 Å².